The third-order valence-corrected chi connectivity index (χ3v) is 5.30. The van der Waals surface area contributed by atoms with Gasteiger partial charge in [0.2, 0.25) is 5.91 Å². The van der Waals surface area contributed by atoms with Gasteiger partial charge in [0.15, 0.2) is 0 Å². The van der Waals surface area contributed by atoms with E-state index < -0.39 is 29.3 Å². The van der Waals surface area contributed by atoms with Crippen molar-refractivity contribution >= 4 is 35.3 Å². The highest BCUT2D eigenvalue weighted by molar-refractivity contribution is 6.16. The Bertz CT molecular complexity index is 1380. The minimum atomic E-state index is -0.708. The van der Waals surface area contributed by atoms with Crippen LogP contribution in [0, 0.1) is 17.0 Å². The molecule has 1 saturated heterocycles. The number of nitro groups is 1. The van der Waals surface area contributed by atoms with E-state index >= 15 is 0 Å². The minimum absolute atomic E-state index is 0.00486. The molecule has 3 aromatic carbocycles. The van der Waals surface area contributed by atoms with Crippen LogP contribution in [0.4, 0.5) is 16.2 Å². The Hall–Kier alpha value is -4.99. The fourth-order valence-corrected chi connectivity index (χ4v) is 3.59. The molecule has 10 nitrogen and oxygen atoms in total. The molecule has 0 aromatic heterocycles. The number of urea groups is 1. The predicted molar refractivity (Wildman–Crippen MR) is 132 cm³/mol. The molecule has 10 heteroatoms. The lowest BCUT2D eigenvalue weighted by Gasteiger charge is -2.12. The van der Waals surface area contributed by atoms with Crippen LogP contribution in [-0.2, 0) is 16.2 Å². The largest absolute Gasteiger partial charge is 0.488 e. The highest BCUT2D eigenvalue weighted by Crippen LogP contribution is 2.24. The second kappa shape index (κ2) is 10.5. The summed E-state index contributed by atoms with van der Waals surface area (Å²) in [5, 5.41) is 16.2. The van der Waals surface area contributed by atoms with E-state index in [0.717, 1.165) is 10.5 Å². The van der Waals surface area contributed by atoms with Crippen LogP contribution in [0.2, 0.25) is 0 Å². The maximum Gasteiger partial charge on any atom is 0.329 e. The number of ether oxygens (including phenoxy) is 1. The molecule has 2 N–H and O–H groups in total. The second-order valence-electron chi connectivity index (χ2n) is 8.05. The summed E-state index contributed by atoms with van der Waals surface area (Å²) in [6, 6.07) is 19.4. The molecule has 3 aromatic rings. The Morgan fingerprint density at radius 3 is 2.64 bits per heavy atom. The molecule has 0 bridgehead atoms. The third-order valence-electron chi connectivity index (χ3n) is 5.30. The van der Waals surface area contributed by atoms with Gasteiger partial charge in [-0.25, -0.2) is 9.69 Å². The molecule has 1 heterocycles. The summed E-state index contributed by atoms with van der Waals surface area (Å²) in [4.78, 5) is 49.0. The van der Waals surface area contributed by atoms with E-state index in [9.17, 15) is 24.5 Å². The van der Waals surface area contributed by atoms with Gasteiger partial charge in [-0.15, -0.1) is 0 Å². The van der Waals surface area contributed by atoms with Crippen molar-refractivity contribution in [3.8, 4) is 5.75 Å². The zero-order valence-electron chi connectivity index (χ0n) is 19.3. The molecular formula is C26H22N4O6. The van der Waals surface area contributed by atoms with Gasteiger partial charge in [-0.2, -0.15) is 0 Å². The lowest BCUT2D eigenvalue weighted by molar-refractivity contribution is -0.384. The Kier molecular flexibility index (Phi) is 7.05. The maximum absolute atomic E-state index is 12.8. The molecule has 0 atom stereocenters. The van der Waals surface area contributed by atoms with Gasteiger partial charge in [0.25, 0.3) is 11.6 Å². The predicted octanol–water partition coefficient (Wildman–Crippen LogP) is 4.01. The number of rotatable bonds is 8. The Morgan fingerprint density at radius 1 is 1.08 bits per heavy atom. The van der Waals surface area contributed by atoms with Crippen LogP contribution < -0.4 is 15.4 Å². The number of nitro benzene ring substituents is 1. The van der Waals surface area contributed by atoms with Gasteiger partial charge in [-0.1, -0.05) is 42.5 Å². The standard InChI is InChI=1S/C26H22N4O6/c1-17-6-4-9-20(12-17)27-24(31)15-29-25(32)22(28-26(29)33)14-19-8-2-3-11-23(19)36-16-18-7-5-10-21(13-18)30(34)35/h2-14H,15-16H2,1H3,(H,27,31)(H,28,33)/b22-14+. The summed E-state index contributed by atoms with van der Waals surface area (Å²) in [6.45, 7) is 1.50. The number of carbonyl (C=O) groups is 3. The molecule has 4 rings (SSSR count). The van der Waals surface area contributed by atoms with E-state index in [1.54, 1.807) is 54.6 Å². The molecule has 36 heavy (non-hydrogen) atoms. The van der Waals surface area contributed by atoms with Crippen LogP contribution in [0.3, 0.4) is 0 Å². The molecule has 0 spiro atoms. The van der Waals surface area contributed by atoms with Crippen LogP contribution >= 0.6 is 0 Å². The van der Waals surface area contributed by atoms with Crippen LogP contribution in [0.1, 0.15) is 16.7 Å². The molecule has 0 saturated carbocycles. The van der Waals surface area contributed by atoms with Gasteiger partial charge >= 0.3 is 6.03 Å². The zero-order valence-corrected chi connectivity index (χ0v) is 19.3. The van der Waals surface area contributed by atoms with Crippen molar-refractivity contribution in [2.75, 3.05) is 11.9 Å². The first-order valence-corrected chi connectivity index (χ1v) is 11.0. The number of benzene rings is 3. The van der Waals surface area contributed by atoms with Gasteiger partial charge in [0.1, 0.15) is 24.6 Å². The van der Waals surface area contributed by atoms with Crippen molar-refractivity contribution in [3.05, 3.63) is 105 Å². The van der Waals surface area contributed by atoms with E-state index in [4.69, 9.17) is 4.74 Å². The van der Waals surface area contributed by atoms with Crippen molar-refractivity contribution in [3.63, 3.8) is 0 Å². The minimum Gasteiger partial charge on any atom is -0.488 e. The lowest BCUT2D eigenvalue weighted by Crippen LogP contribution is -2.38. The number of nitrogens with one attached hydrogen (secondary N) is 2. The summed E-state index contributed by atoms with van der Waals surface area (Å²) in [6.07, 6.45) is 1.46. The topological polar surface area (TPSA) is 131 Å². The van der Waals surface area contributed by atoms with Gasteiger partial charge in [0, 0.05) is 23.4 Å². The monoisotopic (exact) mass is 486 g/mol. The summed E-state index contributed by atoms with van der Waals surface area (Å²) >= 11 is 0. The number of para-hydroxylation sites is 1. The second-order valence-corrected chi connectivity index (χ2v) is 8.05. The number of anilines is 1. The Morgan fingerprint density at radius 2 is 1.86 bits per heavy atom. The van der Waals surface area contributed by atoms with Crippen molar-refractivity contribution in [1.82, 2.24) is 10.2 Å². The molecule has 1 aliphatic heterocycles. The maximum atomic E-state index is 12.8. The van der Waals surface area contributed by atoms with Gasteiger partial charge in [-0.05, 0) is 42.3 Å². The molecule has 0 aliphatic carbocycles. The van der Waals surface area contributed by atoms with E-state index in [1.807, 2.05) is 13.0 Å². The van der Waals surface area contributed by atoms with E-state index in [0.29, 0.717) is 22.6 Å². The number of aryl methyl sites for hydroxylation is 1. The number of hydrogen-bond donors (Lipinski definition) is 2. The first-order chi connectivity index (χ1) is 17.3. The molecule has 0 radical (unpaired) electrons. The lowest BCUT2D eigenvalue weighted by atomic mass is 10.1. The molecule has 1 fully saturated rings. The number of carbonyl (C=O) groups excluding carboxylic acids is 3. The average molecular weight is 486 g/mol. The summed E-state index contributed by atoms with van der Waals surface area (Å²) in [5.41, 5.74) is 2.59. The number of amides is 4. The smallest absolute Gasteiger partial charge is 0.329 e. The van der Waals surface area contributed by atoms with Gasteiger partial charge < -0.3 is 15.4 Å². The number of nitrogens with zero attached hydrogens (tertiary/aromatic N) is 2. The van der Waals surface area contributed by atoms with Crippen LogP contribution in [0.5, 0.6) is 5.75 Å². The van der Waals surface area contributed by atoms with Gasteiger partial charge in [0.05, 0.1) is 4.92 Å². The quantitative estimate of drug-likeness (QED) is 0.214. The van der Waals surface area contributed by atoms with Gasteiger partial charge in [-0.3, -0.25) is 19.7 Å². The highest BCUT2D eigenvalue weighted by atomic mass is 16.6. The molecule has 182 valence electrons. The Balaban J connectivity index is 1.45. The van der Waals surface area contributed by atoms with E-state index in [1.165, 1.54) is 18.2 Å². The third kappa shape index (κ3) is 5.73. The van der Waals surface area contributed by atoms with Crippen molar-refractivity contribution in [2.45, 2.75) is 13.5 Å². The average Bonchev–Trinajstić information content (AvgIpc) is 3.11. The SMILES string of the molecule is Cc1cccc(NC(=O)CN2C(=O)N/C(=C/c3ccccc3OCc3cccc([N+](=O)[O-])c3)C2=O)c1. The number of hydrogen-bond acceptors (Lipinski definition) is 6. The molecule has 4 amide bonds. The van der Waals surface area contributed by atoms with E-state index in [-0.39, 0.29) is 18.0 Å². The highest BCUT2D eigenvalue weighted by Gasteiger charge is 2.35. The fourth-order valence-electron chi connectivity index (χ4n) is 3.59. The fraction of sp³-hybridized carbons (Fsp3) is 0.115. The van der Waals surface area contributed by atoms with Crippen molar-refractivity contribution in [1.29, 1.82) is 0 Å². The van der Waals surface area contributed by atoms with E-state index in [2.05, 4.69) is 10.6 Å². The molecule has 1 aliphatic rings. The molecular weight excluding hydrogens is 464 g/mol. The zero-order chi connectivity index (χ0) is 25.7. The summed E-state index contributed by atoms with van der Waals surface area (Å²) < 4.78 is 5.83. The summed E-state index contributed by atoms with van der Waals surface area (Å²) in [5.74, 6) is -0.742. The number of imide groups is 1. The molecule has 0 unspecified atom stereocenters. The first kappa shape index (κ1) is 24.1. The number of non-ortho nitro benzene ring substituents is 1. The summed E-state index contributed by atoms with van der Waals surface area (Å²) in [7, 11) is 0. The van der Waals surface area contributed by atoms with Crippen molar-refractivity contribution in [2.24, 2.45) is 0 Å². The Labute approximate surface area is 206 Å². The van der Waals surface area contributed by atoms with Crippen LogP contribution in [0.25, 0.3) is 6.08 Å². The van der Waals surface area contributed by atoms with Crippen molar-refractivity contribution < 1.29 is 24.0 Å². The van der Waals surface area contributed by atoms with Crippen LogP contribution in [0.15, 0.2) is 78.5 Å². The normalized spacial score (nSPS) is 14.0. The van der Waals surface area contributed by atoms with Crippen LogP contribution in [-0.4, -0.2) is 34.2 Å². The first-order valence-electron chi connectivity index (χ1n) is 11.0.